The van der Waals surface area contributed by atoms with Crippen molar-refractivity contribution in [1.29, 1.82) is 0 Å². The molecular weight excluding hydrogens is 128 g/mol. The number of fused-ring (bicyclic) bond motifs is 1. The maximum Gasteiger partial charge on any atom is 0.156 e. The van der Waals surface area contributed by atoms with E-state index in [9.17, 15) is 0 Å². The standard InChI is InChI=1S/C6H6N4/c1-2-8-6-5(3-7-1)4-9-10-6/h1,3-6,10H. The van der Waals surface area contributed by atoms with Crippen LogP contribution in [0, 0.1) is 5.92 Å². The average molecular weight is 134 g/mol. The van der Waals surface area contributed by atoms with E-state index in [-0.39, 0.29) is 12.1 Å². The van der Waals surface area contributed by atoms with Crippen LogP contribution in [0.1, 0.15) is 0 Å². The molecule has 4 heteroatoms. The van der Waals surface area contributed by atoms with E-state index in [0.29, 0.717) is 0 Å². The Labute approximate surface area is 58.1 Å². The van der Waals surface area contributed by atoms with Gasteiger partial charge in [0.15, 0.2) is 6.17 Å². The summed E-state index contributed by atoms with van der Waals surface area (Å²) >= 11 is 0. The van der Waals surface area contributed by atoms with E-state index < -0.39 is 0 Å². The molecule has 2 aliphatic rings. The van der Waals surface area contributed by atoms with E-state index >= 15 is 0 Å². The van der Waals surface area contributed by atoms with Gasteiger partial charge in [-0.1, -0.05) is 0 Å². The lowest BCUT2D eigenvalue weighted by molar-refractivity contribution is 0.576. The zero-order valence-electron chi connectivity index (χ0n) is 5.23. The molecule has 0 fully saturated rings. The van der Waals surface area contributed by atoms with Crippen molar-refractivity contribution in [1.82, 2.24) is 5.43 Å². The van der Waals surface area contributed by atoms with Crippen molar-refractivity contribution in [2.45, 2.75) is 6.17 Å². The van der Waals surface area contributed by atoms with Gasteiger partial charge >= 0.3 is 0 Å². The minimum atomic E-state index is 0.0162. The van der Waals surface area contributed by atoms with E-state index in [2.05, 4.69) is 26.4 Å². The number of nitrogens with one attached hydrogen (secondary N) is 1. The molecule has 2 atom stereocenters. The van der Waals surface area contributed by atoms with Gasteiger partial charge in [-0.25, -0.2) is 4.99 Å². The maximum atomic E-state index is 4.02. The number of aliphatic imine (C=N–C) groups is 2. The molecule has 0 amide bonds. The van der Waals surface area contributed by atoms with Crippen molar-refractivity contribution in [3.05, 3.63) is 6.20 Å². The molecule has 2 unspecified atom stereocenters. The molecule has 0 spiro atoms. The average Bonchev–Trinajstić information content (AvgIpc) is 2.28. The lowest BCUT2D eigenvalue weighted by atomic mass is 10.1. The molecule has 10 heavy (non-hydrogen) atoms. The Morgan fingerprint density at radius 1 is 1.40 bits per heavy atom. The zero-order chi connectivity index (χ0) is 6.81. The molecule has 0 saturated carbocycles. The molecule has 0 aromatic heterocycles. The Morgan fingerprint density at radius 3 is 3.40 bits per heavy atom. The van der Waals surface area contributed by atoms with Crippen LogP contribution in [0.5, 0.6) is 0 Å². The Bertz CT molecular complexity index is 246. The largest absolute Gasteiger partial charge is 0.284 e. The summed E-state index contributed by atoms with van der Waals surface area (Å²) in [7, 11) is 0. The van der Waals surface area contributed by atoms with Crippen molar-refractivity contribution in [3.63, 3.8) is 0 Å². The van der Waals surface area contributed by atoms with Crippen molar-refractivity contribution >= 4 is 18.3 Å². The predicted molar refractivity (Wildman–Crippen MR) is 39.4 cm³/mol. The fourth-order valence-corrected chi connectivity index (χ4v) is 0.897. The number of rotatable bonds is 0. The van der Waals surface area contributed by atoms with Crippen LogP contribution in [-0.2, 0) is 0 Å². The summed E-state index contributed by atoms with van der Waals surface area (Å²) in [4.78, 5) is 7.95. The summed E-state index contributed by atoms with van der Waals surface area (Å²) in [6.07, 6.45) is 5.16. The highest BCUT2D eigenvalue weighted by Gasteiger charge is 2.21. The number of hydrogen-bond donors (Lipinski definition) is 1. The minimum absolute atomic E-state index is 0.0162. The van der Waals surface area contributed by atoms with Crippen molar-refractivity contribution in [2.75, 3.05) is 0 Å². The Balaban J connectivity index is 2.31. The van der Waals surface area contributed by atoms with Gasteiger partial charge in [0.2, 0.25) is 0 Å². The number of nitrogens with zero attached hydrogens (tertiary/aromatic N) is 3. The normalized spacial score (nSPS) is 33.6. The zero-order valence-corrected chi connectivity index (χ0v) is 5.23. The van der Waals surface area contributed by atoms with Gasteiger partial charge < -0.3 is 0 Å². The molecule has 0 aliphatic carbocycles. The molecule has 0 bridgehead atoms. The van der Waals surface area contributed by atoms with Crippen LogP contribution in [0.15, 0.2) is 21.3 Å². The van der Waals surface area contributed by atoms with E-state index in [1.165, 1.54) is 0 Å². The summed E-state index contributed by atoms with van der Waals surface area (Å²) in [5.41, 5.74) is 2.83. The lowest BCUT2D eigenvalue weighted by Gasteiger charge is -2.04. The second-order valence-electron chi connectivity index (χ2n) is 2.11. The number of hydrazone groups is 1. The molecule has 0 aromatic rings. The molecule has 2 heterocycles. The van der Waals surface area contributed by atoms with Gasteiger partial charge in [0.25, 0.3) is 0 Å². The van der Waals surface area contributed by atoms with Gasteiger partial charge in [0.05, 0.1) is 12.1 Å². The smallest absolute Gasteiger partial charge is 0.156 e. The molecule has 0 radical (unpaired) electrons. The van der Waals surface area contributed by atoms with Crippen LogP contribution in [0.4, 0.5) is 0 Å². The van der Waals surface area contributed by atoms with Gasteiger partial charge in [0.1, 0.15) is 0 Å². The quantitative estimate of drug-likeness (QED) is 0.489. The molecule has 50 valence electrons. The molecule has 4 nitrogen and oxygen atoms in total. The predicted octanol–water partition coefficient (Wildman–Crippen LogP) is -0.215. The first-order valence-electron chi connectivity index (χ1n) is 3.06. The highest BCUT2D eigenvalue weighted by molar-refractivity contribution is 5.87. The second kappa shape index (κ2) is 2.08. The second-order valence-corrected chi connectivity index (χ2v) is 2.11. The van der Waals surface area contributed by atoms with Crippen molar-refractivity contribution in [2.24, 2.45) is 21.0 Å². The lowest BCUT2D eigenvalue weighted by Crippen LogP contribution is -2.25. The Kier molecular flexibility index (Phi) is 1.12. The first-order chi connectivity index (χ1) is 4.97. The third kappa shape index (κ3) is 0.748. The summed E-state index contributed by atoms with van der Waals surface area (Å²) in [5.74, 6) is 2.88. The van der Waals surface area contributed by atoms with Crippen molar-refractivity contribution < 1.29 is 0 Å². The van der Waals surface area contributed by atoms with E-state index in [1.807, 2.05) is 0 Å². The molecule has 2 aliphatic heterocycles. The van der Waals surface area contributed by atoms with Crippen LogP contribution < -0.4 is 5.43 Å². The van der Waals surface area contributed by atoms with E-state index in [0.717, 1.165) is 0 Å². The SMILES string of the molecule is C1=CN=CC2C=NNC2N=1. The maximum absolute atomic E-state index is 4.02. The summed E-state index contributed by atoms with van der Waals surface area (Å²) in [5, 5.41) is 3.86. The van der Waals surface area contributed by atoms with Crippen LogP contribution >= 0.6 is 0 Å². The first-order valence-corrected chi connectivity index (χ1v) is 3.06. The Morgan fingerprint density at radius 2 is 2.40 bits per heavy atom. The minimum Gasteiger partial charge on any atom is -0.284 e. The highest BCUT2D eigenvalue weighted by Crippen LogP contribution is 2.06. The fourth-order valence-electron chi connectivity index (χ4n) is 0.897. The van der Waals surface area contributed by atoms with Crippen LogP contribution in [-0.4, -0.2) is 24.5 Å². The van der Waals surface area contributed by atoms with Crippen LogP contribution in [0.25, 0.3) is 0 Å². The van der Waals surface area contributed by atoms with E-state index in [1.54, 1.807) is 18.6 Å². The molecule has 2 rings (SSSR count). The van der Waals surface area contributed by atoms with Crippen molar-refractivity contribution in [3.8, 4) is 0 Å². The summed E-state index contributed by atoms with van der Waals surface area (Å²) < 4.78 is 0. The molecular formula is C6H6N4. The monoisotopic (exact) mass is 134 g/mol. The molecule has 0 aromatic carbocycles. The highest BCUT2D eigenvalue weighted by atomic mass is 15.4. The third-order valence-electron chi connectivity index (χ3n) is 1.42. The third-order valence-corrected chi connectivity index (χ3v) is 1.42. The topological polar surface area (TPSA) is 49.1 Å². The van der Waals surface area contributed by atoms with Crippen LogP contribution in [0.2, 0.25) is 0 Å². The van der Waals surface area contributed by atoms with Gasteiger partial charge in [0, 0.05) is 18.3 Å². The van der Waals surface area contributed by atoms with Gasteiger partial charge in [-0.2, -0.15) is 5.10 Å². The Hall–Kier alpha value is -1.41. The molecule has 0 saturated heterocycles. The van der Waals surface area contributed by atoms with Gasteiger partial charge in [-0.15, -0.1) is 0 Å². The number of hydrogen-bond acceptors (Lipinski definition) is 4. The molecule has 1 N–H and O–H groups in total. The summed E-state index contributed by atoms with van der Waals surface area (Å²) in [6, 6.07) is 0. The van der Waals surface area contributed by atoms with Gasteiger partial charge in [-0.3, -0.25) is 10.4 Å². The van der Waals surface area contributed by atoms with Gasteiger partial charge in [-0.05, 0) is 0 Å². The first kappa shape index (κ1) is 5.38. The fraction of sp³-hybridized carbons (Fsp3) is 0.333. The van der Waals surface area contributed by atoms with Crippen LogP contribution in [0.3, 0.4) is 0 Å². The summed E-state index contributed by atoms with van der Waals surface area (Å²) in [6.45, 7) is 0. The van der Waals surface area contributed by atoms with E-state index in [4.69, 9.17) is 0 Å².